The Bertz CT molecular complexity index is 874. The molecule has 0 rings (SSSR count). The fraction of sp³-hybridized carbons (Fsp3) is 0.881. The number of phosphoric acid groups is 1. The van der Waals surface area contributed by atoms with Gasteiger partial charge in [-0.05, 0) is 64.2 Å². The lowest BCUT2D eigenvalue weighted by atomic mass is 10.1. The van der Waals surface area contributed by atoms with E-state index in [1.807, 2.05) is 21.1 Å². The number of esters is 1. The summed E-state index contributed by atoms with van der Waals surface area (Å²) >= 11 is 0. The molecule has 0 heterocycles. The Hall–Kier alpha value is -1.02. The molecule has 2 unspecified atom stereocenters. The third kappa shape index (κ3) is 40.0. The second-order valence-corrected chi connectivity index (χ2v) is 16.8. The van der Waals surface area contributed by atoms with E-state index in [-0.39, 0.29) is 25.8 Å². The minimum atomic E-state index is -4.27. The highest BCUT2D eigenvalue weighted by Gasteiger charge is 2.26. The summed E-state index contributed by atoms with van der Waals surface area (Å²) < 4.78 is 34.9. The topological polar surface area (TPSA) is 91.3 Å². The van der Waals surface area contributed by atoms with Crippen molar-refractivity contribution in [3.63, 3.8) is 0 Å². The number of phosphoric ester groups is 1. The first-order valence-electron chi connectivity index (χ1n) is 21.1. The Balaban J connectivity index is 4.25. The van der Waals surface area contributed by atoms with Crippen molar-refractivity contribution in [2.45, 2.75) is 187 Å². The lowest BCUT2D eigenvalue weighted by Crippen LogP contribution is -2.37. The van der Waals surface area contributed by atoms with Crippen LogP contribution in [0, 0.1) is 0 Å². The fourth-order valence-corrected chi connectivity index (χ4v) is 6.40. The number of allylic oxidation sites excluding steroid dienone is 4. The Labute approximate surface area is 315 Å². The number of ether oxygens (including phenoxy) is 2. The van der Waals surface area contributed by atoms with Crippen molar-refractivity contribution < 1.29 is 37.3 Å². The first kappa shape index (κ1) is 50.0. The molecule has 0 spiro atoms. The van der Waals surface area contributed by atoms with E-state index >= 15 is 0 Å². The third-order valence-corrected chi connectivity index (χ3v) is 9.97. The van der Waals surface area contributed by atoms with Crippen LogP contribution in [0.5, 0.6) is 0 Å². The molecule has 8 nitrogen and oxygen atoms in total. The molecule has 0 aliphatic heterocycles. The van der Waals surface area contributed by atoms with Crippen molar-refractivity contribution in [3.8, 4) is 0 Å². The highest BCUT2D eigenvalue weighted by Crippen LogP contribution is 2.43. The zero-order chi connectivity index (χ0) is 37.7. The molecule has 0 radical (unpaired) electrons. The summed E-state index contributed by atoms with van der Waals surface area (Å²) in [6, 6.07) is 0. The van der Waals surface area contributed by atoms with Crippen LogP contribution in [0.2, 0.25) is 0 Å². The van der Waals surface area contributed by atoms with Gasteiger partial charge in [-0.2, -0.15) is 0 Å². The summed E-state index contributed by atoms with van der Waals surface area (Å²) in [6.07, 6.45) is 39.2. The second-order valence-electron chi connectivity index (χ2n) is 15.4. The van der Waals surface area contributed by atoms with Gasteiger partial charge in [-0.15, -0.1) is 0 Å². The van der Waals surface area contributed by atoms with Crippen LogP contribution in [-0.2, 0) is 27.9 Å². The third-order valence-electron chi connectivity index (χ3n) is 8.99. The van der Waals surface area contributed by atoms with Crippen LogP contribution in [0.15, 0.2) is 24.3 Å². The van der Waals surface area contributed by atoms with Gasteiger partial charge >= 0.3 is 13.8 Å². The van der Waals surface area contributed by atoms with Gasteiger partial charge in [-0.25, -0.2) is 4.57 Å². The van der Waals surface area contributed by atoms with E-state index in [1.165, 1.54) is 116 Å². The second kappa shape index (κ2) is 36.0. The molecule has 51 heavy (non-hydrogen) atoms. The molecular weight excluding hydrogens is 661 g/mol. The van der Waals surface area contributed by atoms with Gasteiger partial charge in [0, 0.05) is 13.0 Å². The summed E-state index contributed by atoms with van der Waals surface area (Å²) in [4.78, 5) is 22.8. The van der Waals surface area contributed by atoms with Gasteiger partial charge in [0.2, 0.25) is 0 Å². The van der Waals surface area contributed by atoms with E-state index in [4.69, 9.17) is 18.5 Å². The van der Waals surface area contributed by atoms with Gasteiger partial charge in [0.1, 0.15) is 19.3 Å². The number of unbranched alkanes of at least 4 members (excludes halogenated alkanes) is 21. The van der Waals surface area contributed by atoms with Crippen LogP contribution >= 0.6 is 7.82 Å². The molecule has 0 saturated heterocycles. The highest BCUT2D eigenvalue weighted by atomic mass is 31.2. The van der Waals surface area contributed by atoms with Gasteiger partial charge in [0.05, 0.1) is 34.4 Å². The lowest BCUT2D eigenvalue weighted by molar-refractivity contribution is -0.870. The van der Waals surface area contributed by atoms with Crippen molar-refractivity contribution in [3.05, 3.63) is 24.3 Å². The van der Waals surface area contributed by atoms with E-state index < -0.39 is 13.9 Å². The van der Waals surface area contributed by atoms with E-state index in [2.05, 4.69) is 38.2 Å². The molecule has 0 aromatic rings. The molecule has 0 aliphatic rings. The summed E-state index contributed by atoms with van der Waals surface area (Å²) in [5, 5.41) is 0. The fourth-order valence-electron chi connectivity index (χ4n) is 5.66. The van der Waals surface area contributed by atoms with Gasteiger partial charge in [-0.1, -0.05) is 134 Å². The number of nitrogens with zero attached hydrogens (tertiary/aromatic N) is 1. The normalized spacial score (nSPS) is 14.1. The molecule has 0 aliphatic carbocycles. The van der Waals surface area contributed by atoms with E-state index in [0.717, 1.165) is 44.9 Å². The molecule has 0 amide bonds. The lowest BCUT2D eigenvalue weighted by Gasteiger charge is -2.24. The quantitative estimate of drug-likeness (QED) is 0.0220. The Morgan fingerprint density at radius 3 is 1.53 bits per heavy atom. The van der Waals surface area contributed by atoms with Crippen LogP contribution < -0.4 is 0 Å². The minimum absolute atomic E-state index is 0.0868. The van der Waals surface area contributed by atoms with Crippen molar-refractivity contribution in [1.82, 2.24) is 0 Å². The molecule has 1 N–H and O–H groups in total. The zero-order valence-electron chi connectivity index (χ0n) is 34.1. The molecule has 0 bridgehead atoms. The van der Waals surface area contributed by atoms with E-state index in [9.17, 15) is 14.3 Å². The standard InChI is InChI=1S/C42H82NO7P/c1-6-8-10-12-14-16-18-20-21-22-23-24-26-28-30-32-34-37-47-39-41(40-49-51(45,46)48-38-36-43(3,4)5)50-42(44)35-33-31-29-27-25-19-17-15-13-11-9-7-2/h15,17,21-22,41H,6-14,16,18-20,23-40H2,1-5H3/p+1/b17-15-,22-21-. The number of hydrogen-bond donors (Lipinski definition) is 1. The van der Waals surface area contributed by atoms with Crippen LogP contribution in [0.25, 0.3) is 0 Å². The molecule has 0 saturated carbocycles. The average molecular weight is 745 g/mol. The van der Waals surface area contributed by atoms with Crippen molar-refractivity contribution in [2.24, 2.45) is 0 Å². The summed E-state index contributed by atoms with van der Waals surface area (Å²) in [6.45, 7) is 5.58. The molecule has 0 fully saturated rings. The maximum Gasteiger partial charge on any atom is 0.472 e. The number of likely N-dealkylation sites (N-methyl/N-ethyl adjacent to an activating group) is 1. The average Bonchev–Trinajstić information content (AvgIpc) is 3.08. The SMILES string of the molecule is CCCCC/C=C\CCCCCCCC(=O)OC(COCCCCCCCC/C=C\CCCCCCCCC)COP(=O)(O)OCC[N+](C)(C)C. The predicted octanol–water partition coefficient (Wildman–Crippen LogP) is 12.0. The first-order valence-corrected chi connectivity index (χ1v) is 22.6. The Morgan fingerprint density at radius 1 is 0.588 bits per heavy atom. The first-order chi connectivity index (χ1) is 24.6. The number of carbonyl (C=O) groups excluding carboxylic acids is 1. The number of hydrogen-bond acceptors (Lipinski definition) is 6. The van der Waals surface area contributed by atoms with E-state index in [0.29, 0.717) is 24.1 Å². The van der Waals surface area contributed by atoms with Crippen molar-refractivity contribution >= 4 is 13.8 Å². The largest absolute Gasteiger partial charge is 0.472 e. The Morgan fingerprint density at radius 2 is 1.02 bits per heavy atom. The van der Waals surface area contributed by atoms with Crippen molar-refractivity contribution in [1.29, 1.82) is 0 Å². The van der Waals surface area contributed by atoms with Crippen LogP contribution in [-0.4, -0.2) is 75.6 Å². The maximum atomic E-state index is 12.6. The summed E-state index contributed by atoms with van der Waals surface area (Å²) in [5.41, 5.74) is 0. The zero-order valence-corrected chi connectivity index (χ0v) is 35.0. The number of rotatable bonds is 39. The minimum Gasteiger partial charge on any atom is -0.457 e. The monoisotopic (exact) mass is 745 g/mol. The summed E-state index contributed by atoms with van der Waals surface area (Å²) in [5.74, 6) is -0.325. The molecular formula is C42H83NO7P+. The van der Waals surface area contributed by atoms with Gasteiger partial charge in [0.25, 0.3) is 0 Å². The predicted molar refractivity (Wildman–Crippen MR) is 215 cm³/mol. The van der Waals surface area contributed by atoms with Gasteiger partial charge in [0.15, 0.2) is 0 Å². The van der Waals surface area contributed by atoms with Crippen LogP contribution in [0.1, 0.15) is 181 Å². The van der Waals surface area contributed by atoms with Gasteiger partial charge < -0.3 is 18.9 Å². The smallest absolute Gasteiger partial charge is 0.457 e. The molecule has 9 heteroatoms. The summed E-state index contributed by atoms with van der Waals surface area (Å²) in [7, 11) is 1.66. The molecule has 0 aromatic heterocycles. The van der Waals surface area contributed by atoms with Crippen LogP contribution in [0.3, 0.4) is 0 Å². The molecule has 302 valence electrons. The number of carbonyl (C=O) groups is 1. The number of quaternary nitrogens is 1. The van der Waals surface area contributed by atoms with Crippen molar-refractivity contribution in [2.75, 3.05) is 54.1 Å². The van der Waals surface area contributed by atoms with Gasteiger partial charge in [-0.3, -0.25) is 13.8 Å². The molecule has 0 aromatic carbocycles. The van der Waals surface area contributed by atoms with E-state index in [1.54, 1.807) is 0 Å². The van der Waals surface area contributed by atoms with Crippen LogP contribution in [0.4, 0.5) is 0 Å². The maximum absolute atomic E-state index is 12.6. The highest BCUT2D eigenvalue weighted by molar-refractivity contribution is 7.47. The molecule has 2 atom stereocenters. The Kier molecular flexibility index (Phi) is 35.3.